The highest BCUT2D eigenvalue weighted by Crippen LogP contribution is 2.30. The summed E-state index contributed by atoms with van der Waals surface area (Å²) in [4.78, 5) is 2.98. The number of nitrogens with one attached hydrogen (secondary N) is 1. The Morgan fingerprint density at radius 2 is 1.33 bits per heavy atom. The molecule has 0 radical (unpaired) electrons. The minimum atomic E-state index is 0.838. The quantitative estimate of drug-likeness (QED) is 0.776. The van der Waals surface area contributed by atoms with Crippen molar-refractivity contribution in [1.29, 1.82) is 0 Å². The molecule has 3 fully saturated rings. The molecule has 2 nitrogen and oxygen atoms in total. The second-order valence-corrected chi connectivity index (χ2v) is 7.76. The van der Waals surface area contributed by atoms with Crippen LogP contribution in [-0.2, 0) is 0 Å². The predicted octanol–water partition coefficient (Wildman–Crippen LogP) is 4.49. The van der Waals surface area contributed by atoms with Gasteiger partial charge in [-0.3, -0.25) is 4.90 Å². The molecule has 1 atom stereocenters. The van der Waals surface area contributed by atoms with Crippen molar-refractivity contribution in [1.82, 2.24) is 10.2 Å². The fourth-order valence-corrected chi connectivity index (χ4v) is 5.01. The molecular weight excluding hydrogens is 256 g/mol. The maximum Gasteiger partial charge on any atom is 0.00981 e. The molecule has 122 valence electrons. The van der Waals surface area contributed by atoms with Crippen molar-refractivity contribution in [3.05, 3.63) is 0 Å². The van der Waals surface area contributed by atoms with Crippen molar-refractivity contribution in [2.75, 3.05) is 13.1 Å². The molecule has 0 bridgehead atoms. The van der Waals surface area contributed by atoms with E-state index in [4.69, 9.17) is 0 Å². The van der Waals surface area contributed by atoms with Gasteiger partial charge in [0, 0.05) is 18.1 Å². The van der Waals surface area contributed by atoms with E-state index in [1.54, 1.807) is 0 Å². The van der Waals surface area contributed by atoms with Crippen molar-refractivity contribution in [2.24, 2.45) is 0 Å². The molecule has 0 spiro atoms. The van der Waals surface area contributed by atoms with Crippen LogP contribution in [0.4, 0.5) is 0 Å². The molecule has 0 aromatic rings. The molecule has 0 aromatic carbocycles. The maximum absolute atomic E-state index is 3.67. The Morgan fingerprint density at radius 3 is 1.86 bits per heavy atom. The van der Waals surface area contributed by atoms with Crippen LogP contribution < -0.4 is 5.32 Å². The van der Waals surface area contributed by atoms with Crippen molar-refractivity contribution >= 4 is 0 Å². The van der Waals surface area contributed by atoms with E-state index in [-0.39, 0.29) is 0 Å². The molecule has 2 saturated carbocycles. The Balaban J connectivity index is 1.49. The molecule has 0 aromatic heterocycles. The molecule has 3 aliphatic rings. The SMILES string of the molecule is C1CCC(N(CCCC2CCCN2)C2CCCCC2)CC1. The lowest BCUT2D eigenvalue weighted by Crippen LogP contribution is -2.45. The summed E-state index contributed by atoms with van der Waals surface area (Å²) in [6.45, 7) is 2.65. The third-order valence-corrected chi connectivity index (χ3v) is 6.22. The van der Waals surface area contributed by atoms with Crippen LogP contribution in [-0.4, -0.2) is 36.1 Å². The molecule has 21 heavy (non-hydrogen) atoms. The van der Waals surface area contributed by atoms with Gasteiger partial charge in [-0.25, -0.2) is 0 Å². The second kappa shape index (κ2) is 8.53. The van der Waals surface area contributed by atoms with Crippen molar-refractivity contribution in [2.45, 2.75) is 108 Å². The molecule has 1 saturated heterocycles. The zero-order valence-electron chi connectivity index (χ0n) is 14.0. The lowest BCUT2D eigenvalue weighted by molar-refractivity contribution is 0.0783. The largest absolute Gasteiger partial charge is 0.314 e. The number of rotatable bonds is 6. The van der Waals surface area contributed by atoms with Gasteiger partial charge in [0.15, 0.2) is 0 Å². The van der Waals surface area contributed by atoms with E-state index in [0.717, 1.165) is 18.1 Å². The molecule has 1 heterocycles. The third kappa shape index (κ3) is 4.69. The van der Waals surface area contributed by atoms with Gasteiger partial charge >= 0.3 is 0 Å². The summed E-state index contributed by atoms with van der Waals surface area (Å²) in [5, 5.41) is 3.67. The first-order valence-corrected chi connectivity index (χ1v) is 9.92. The Bertz CT molecular complexity index is 255. The van der Waals surface area contributed by atoms with Crippen molar-refractivity contribution in [3.63, 3.8) is 0 Å². The standard InChI is InChI=1S/C19H36N2/c1-3-11-18(12-4-1)21(19-13-5-2-6-14-19)16-8-10-17-9-7-15-20-17/h17-20H,1-16H2. The fraction of sp³-hybridized carbons (Fsp3) is 1.00. The van der Waals surface area contributed by atoms with Crippen LogP contribution in [0.1, 0.15) is 89.9 Å². The Hall–Kier alpha value is -0.0800. The first-order valence-electron chi connectivity index (χ1n) is 9.92. The van der Waals surface area contributed by atoms with Gasteiger partial charge in [-0.1, -0.05) is 38.5 Å². The zero-order chi connectivity index (χ0) is 14.3. The topological polar surface area (TPSA) is 15.3 Å². The average molecular weight is 293 g/mol. The summed E-state index contributed by atoms with van der Waals surface area (Å²) in [7, 11) is 0. The molecular formula is C19H36N2. The van der Waals surface area contributed by atoms with Gasteiger partial charge in [-0.2, -0.15) is 0 Å². The molecule has 1 aliphatic heterocycles. The molecule has 3 rings (SSSR count). The first-order chi connectivity index (χ1) is 10.4. The lowest BCUT2D eigenvalue weighted by atomic mass is 9.88. The Labute approximate surface area is 132 Å². The summed E-state index contributed by atoms with van der Waals surface area (Å²) < 4.78 is 0. The summed E-state index contributed by atoms with van der Waals surface area (Å²) in [6.07, 6.45) is 20.5. The Morgan fingerprint density at radius 1 is 0.714 bits per heavy atom. The Kier molecular flexibility index (Phi) is 6.42. The zero-order valence-corrected chi connectivity index (χ0v) is 14.0. The monoisotopic (exact) mass is 292 g/mol. The van der Waals surface area contributed by atoms with Gasteiger partial charge in [0.25, 0.3) is 0 Å². The fourth-order valence-electron chi connectivity index (χ4n) is 5.01. The highest BCUT2D eigenvalue weighted by Gasteiger charge is 2.28. The number of hydrogen-bond acceptors (Lipinski definition) is 2. The average Bonchev–Trinajstić information content (AvgIpc) is 3.07. The minimum Gasteiger partial charge on any atom is -0.314 e. The van der Waals surface area contributed by atoms with E-state index >= 15 is 0 Å². The van der Waals surface area contributed by atoms with Gasteiger partial charge in [-0.15, -0.1) is 0 Å². The highest BCUT2D eigenvalue weighted by molar-refractivity contribution is 4.84. The molecule has 0 amide bonds. The normalized spacial score (nSPS) is 29.3. The van der Waals surface area contributed by atoms with Crippen molar-refractivity contribution < 1.29 is 0 Å². The number of hydrogen-bond donors (Lipinski definition) is 1. The van der Waals surface area contributed by atoms with Crippen LogP contribution in [0.15, 0.2) is 0 Å². The van der Waals surface area contributed by atoms with Crippen molar-refractivity contribution in [3.8, 4) is 0 Å². The van der Waals surface area contributed by atoms with Gasteiger partial charge in [0.1, 0.15) is 0 Å². The summed E-state index contributed by atoms with van der Waals surface area (Å²) in [6, 6.07) is 2.70. The van der Waals surface area contributed by atoms with Crippen LogP contribution in [0.5, 0.6) is 0 Å². The summed E-state index contributed by atoms with van der Waals surface area (Å²) in [5.41, 5.74) is 0. The maximum atomic E-state index is 3.67. The van der Waals surface area contributed by atoms with Gasteiger partial charge in [0.2, 0.25) is 0 Å². The first kappa shape index (κ1) is 15.8. The summed E-state index contributed by atoms with van der Waals surface area (Å²) >= 11 is 0. The van der Waals surface area contributed by atoms with E-state index in [9.17, 15) is 0 Å². The second-order valence-electron chi connectivity index (χ2n) is 7.76. The van der Waals surface area contributed by atoms with Crippen LogP contribution in [0.25, 0.3) is 0 Å². The van der Waals surface area contributed by atoms with E-state index < -0.39 is 0 Å². The van der Waals surface area contributed by atoms with Crippen LogP contribution in [0, 0.1) is 0 Å². The van der Waals surface area contributed by atoms with Crippen LogP contribution in [0.3, 0.4) is 0 Å². The molecule has 1 unspecified atom stereocenters. The van der Waals surface area contributed by atoms with Crippen LogP contribution in [0.2, 0.25) is 0 Å². The minimum absolute atomic E-state index is 0.838. The molecule has 2 heteroatoms. The molecule has 2 aliphatic carbocycles. The van der Waals surface area contributed by atoms with E-state index in [1.807, 2.05) is 0 Å². The van der Waals surface area contributed by atoms with Gasteiger partial charge in [0.05, 0.1) is 0 Å². The van der Waals surface area contributed by atoms with Gasteiger partial charge < -0.3 is 5.32 Å². The van der Waals surface area contributed by atoms with E-state index in [0.29, 0.717) is 0 Å². The van der Waals surface area contributed by atoms with E-state index in [2.05, 4.69) is 10.2 Å². The smallest absolute Gasteiger partial charge is 0.00981 e. The van der Waals surface area contributed by atoms with Crippen LogP contribution >= 0.6 is 0 Å². The highest BCUT2D eigenvalue weighted by atomic mass is 15.2. The van der Waals surface area contributed by atoms with E-state index in [1.165, 1.54) is 103 Å². The summed E-state index contributed by atoms with van der Waals surface area (Å²) in [5.74, 6) is 0. The van der Waals surface area contributed by atoms with Gasteiger partial charge in [-0.05, 0) is 64.5 Å². The number of nitrogens with zero attached hydrogens (tertiary/aromatic N) is 1. The molecule has 1 N–H and O–H groups in total. The lowest BCUT2D eigenvalue weighted by Gasteiger charge is -2.42. The predicted molar refractivity (Wildman–Crippen MR) is 90.7 cm³/mol. The third-order valence-electron chi connectivity index (χ3n) is 6.22.